The van der Waals surface area contributed by atoms with Crippen LogP contribution < -0.4 is 0 Å². The van der Waals surface area contributed by atoms with E-state index in [2.05, 4.69) is 11.0 Å². The topological polar surface area (TPSA) is 40.6 Å². The predicted molar refractivity (Wildman–Crippen MR) is 99.3 cm³/mol. The zero-order valence-corrected chi connectivity index (χ0v) is 15.8. The molecule has 0 unspecified atom stereocenters. The zero-order chi connectivity index (χ0) is 17.0. The number of piperazine rings is 1. The SMILES string of the molecule is O=S(=O)(c1cccs1)N1CCN(CCCc2ccccc2Cl)CC1. The highest BCUT2D eigenvalue weighted by atomic mass is 35.5. The van der Waals surface area contributed by atoms with Crippen molar-refractivity contribution >= 4 is 33.0 Å². The molecule has 2 aromatic rings. The van der Waals surface area contributed by atoms with Crippen molar-refractivity contribution < 1.29 is 8.42 Å². The minimum atomic E-state index is -3.30. The van der Waals surface area contributed by atoms with Crippen LogP contribution in [0.4, 0.5) is 0 Å². The fourth-order valence-electron chi connectivity index (χ4n) is 2.93. The van der Waals surface area contributed by atoms with Crippen molar-refractivity contribution in [1.29, 1.82) is 0 Å². The minimum Gasteiger partial charge on any atom is -0.301 e. The third kappa shape index (κ3) is 4.18. The first-order valence-corrected chi connectivity index (χ1v) is 10.8. The summed E-state index contributed by atoms with van der Waals surface area (Å²) >= 11 is 7.46. The van der Waals surface area contributed by atoms with Gasteiger partial charge in [-0.25, -0.2) is 8.42 Å². The molecule has 0 aliphatic carbocycles. The Morgan fingerprint density at radius 2 is 1.79 bits per heavy atom. The number of hydrogen-bond acceptors (Lipinski definition) is 4. The van der Waals surface area contributed by atoms with Crippen LogP contribution in [-0.4, -0.2) is 50.3 Å². The molecule has 3 rings (SSSR count). The van der Waals surface area contributed by atoms with Gasteiger partial charge in [0.2, 0.25) is 0 Å². The van der Waals surface area contributed by atoms with Crippen LogP contribution >= 0.6 is 22.9 Å². The van der Waals surface area contributed by atoms with E-state index >= 15 is 0 Å². The third-order valence-corrected chi connectivity index (χ3v) is 7.94. The Balaban J connectivity index is 1.47. The van der Waals surface area contributed by atoms with E-state index in [0.717, 1.165) is 37.5 Å². The van der Waals surface area contributed by atoms with Gasteiger partial charge in [-0.3, -0.25) is 0 Å². The summed E-state index contributed by atoms with van der Waals surface area (Å²) in [5.74, 6) is 0. The minimum absolute atomic E-state index is 0.440. The van der Waals surface area contributed by atoms with Gasteiger partial charge in [0.05, 0.1) is 0 Å². The van der Waals surface area contributed by atoms with E-state index < -0.39 is 10.0 Å². The number of halogens is 1. The lowest BCUT2D eigenvalue weighted by Crippen LogP contribution is -2.48. The van der Waals surface area contributed by atoms with Gasteiger partial charge in [0.15, 0.2) is 0 Å². The second-order valence-electron chi connectivity index (χ2n) is 5.87. The molecule has 4 nitrogen and oxygen atoms in total. The van der Waals surface area contributed by atoms with Crippen LogP contribution in [0.3, 0.4) is 0 Å². The molecule has 24 heavy (non-hydrogen) atoms. The second-order valence-corrected chi connectivity index (χ2v) is 9.39. The normalized spacial score (nSPS) is 17.2. The second kappa shape index (κ2) is 7.97. The van der Waals surface area contributed by atoms with E-state index in [-0.39, 0.29) is 0 Å². The van der Waals surface area contributed by atoms with Gasteiger partial charge < -0.3 is 4.90 Å². The Morgan fingerprint density at radius 1 is 1.04 bits per heavy atom. The highest BCUT2D eigenvalue weighted by Gasteiger charge is 2.28. The summed E-state index contributed by atoms with van der Waals surface area (Å²) in [6.45, 7) is 3.66. The number of nitrogens with zero attached hydrogens (tertiary/aromatic N) is 2. The van der Waals surface area contributed by atoms with Crippen LogP contribution in [0.25, 0.3) is 0 Å². The maximum absolute atomic E-state index is 12.5. The summed E-state index contributed by atoms with van der Waals surface area (Å²) in [5, 5.41) is 2.63. The van der Waals surface area contributed by atoms with Crippen LogP contribution in [0, 0.1) is 0 Å². The van der Waals surface area contributed by atoms with Gasteiger partial charge in [-0.1, -0.05) is 35.9 Å². The summed E-state index contributed by atoms with van der Waals surface area (Å²) in [7, 11) is -3.30. The maximum Gasteiger partial charge on any atom is 0.252 e. The van der Waals surface area contributed by atoms with E-state index in [1.807, 2.05) is 18.2 Å². The van der Waals surface area contributed by atoms with Gasteiger partial charge in [-0.2, -0.15) is 4.31 Å². The molecule has 1 aliphatic heterocycles. The number of thiophene rings is 1. The van der Waals surface area contributed by atoms with Crippen LogP contribution in [-0.2, 0) is 16.4 Å². The average molecular weight is 385 g/mol. The van der Waals surface area contributed by atoms with E-state index in [9.17, 15) is 8.42 Å². The summed E-state index contributed by atoms with van der Waals surface area (Å²) < 4.78 is 27.0. The Morgan fingerprint density at radius 3 is 2.46 bits per heavy atom. The zero-order valence-electron chi connectivity index (χ0n) is 13.4. The molecule has 1 aromatic carbocycles. The molecule has 0 saturated carbocycles. The molecule has 1 aliphatic rings. The molecular weight excluding hydrogens is 364 g/mol. The largest absolute Gasteiger partial charge is 0.301 e. The predicted octanol–water partition coefficient (Wildman–Crippen LogP) is 3.34. The first-order valence-electron chi connectivity index (χ1n) is 8.07. The van der Waals surface area contributed by atoms with Crippen molar-refractivity contribution in [2.45, 2.75) is 17.1 Å². The van der Waals surface area contributed by atoms with Crippen molar-refractivity contribution in [3.63, 3.8) is 0 Å². The van der Waals surface area contributed by atoms with E-state index in [1.54, 1.807) is 21.8 Å². The van der Waals surface area contributed by atoms with Crippen molar-refractivity contribution in [3.8, 4) is 0 Å². The fourth-order valence-corrected chi connectivity index (χ4v) is 5.72. The summed E-state index contributed by atoms with van der Waals surface area (Å²) in [5.41, 5.74) is 1.18. The molecule has 0 radical (unpaired) electrons. The first-order chi connectivity index (χ1) is 11.6. The standard InChI is InChI=1S/C17H21ClN2O2S2/c18-16-7-2-1-5-15(16)6-3-9-19-10-12-20(13-11-19)24(21,22)17-8-4-14-23-17/h1-2,4-5,7-8,14H,3,6,9-13H2. The van der Waals surface area contributed by atoms with Crippen molar-refractivity contribution in [2.24, 2.45) is 0 Å². The summed E-state index contributed by atoms with van der Waals surface area (Å²) in [4.78, 5) is 2.33. The first kappa shape index (κ1) is 17.9. The van der Waals surface area contributed by atoms with Crippen molar-refractivity contribution in [1.82, 2.24) is 9.21 Å². The number of rotatable bonds is 6. The molecule has 7 heteroatoms. The molecule has 0 atom stereocenters. The molecule has 1 aromatic heterocycles. The number of sulfonamides is 1. The Hall–Kier alpha value is -0.920. The molecule has 0 N–H and O–H groups in total. The molecule has 130 valence electrons. The van der Waals surface area contributed by atoms with Crippen LogP contribution in [0.5, 0.6) is 0 Å². The summed E-state index contributed by atoms with van der Waals surface area (Å²) in [6, 6.07) is 11.4. The van der Waals surface area contributed by atoms with Gasteiger partial charge in [0.1, 0.15) is 4.21 Å². The monoisotopic (exact) mass is 384 g/mol. The average Bonchev–Trinajstić information content (AvgIpc) is 3.12. The van der Waals surface area contributed by atoms with Gasteiger partial charge in [0, 0.05) is 31.2 Å². The lowest BCUT2D eigenvalue weighted by molar-refractivity contribution is 0.187. The molecule has 2 heterocycles. The van der Waals surface area contributed by atoms with Crippen molar-refractivity contribution in [2.75, 3.05) is 32.7 Å². The Labute approximate surface area is 152 Å². The molecule has 1 saturated heterocycles. The lowest BCUT2D eigenvalue weighted by Gasteiger charge is -2.33. The van der Waals surface area contributed by atoms with E-state index in [1.165, 1.54) is 16.9 Å². The molecular formula is C17H21ClN2O2S2. The van der Waals surface area contributed by atoms with Gasteiger partial charge in [0.25, 0.3) is 10.0 Å². The van der Waals surface area contributed by atoms with Gasteiger partial charge in [-0.15, -0.1) is 11.3 Å². The van der Waals surface area contributed by atoms with Gasteiger partial charge in [-0.05, 0) is 42.5 Å². The molecule has 0 amide bonds. The van der Waals surface area contributed by atoms with Crippen LogP contribution in [0.1, 0.15) is 12.0 Å². The smallest absolute Gasteiger partial charge is 0.252 e. The van der Waals surface area contributed by atoms with Crippen molar-refractivity contribution in [3.05, 3.63) is 52.4 Å². The Bertz CT molecular complexity index is 755. The fraction of sp³-hybridized carbons (Fsp3) is 0.412. The summed E-state index contributed by atoms with van der Waals surface area (Å²) in [6.07, 6.45) is 1.98. The molecule has 1 fully saturated rings. The number of hydrogen-bond donors (Lipinski definition) is 0. The van der Waals surface area contributed by atoms with E-state index in [4.69, 9.17) is 11.6 Å². The molecule has 0 bridgehead atoms. The maximum atomic E-state index is 12.5. The van der Waals surface area contributed by atoms with E-state index in [0.29, 0.717) is 17.3 Å². The highest BCUT2D eigenvalue weighted by molar-refractivity contribution is 7.91. The lowest BCUT2D eigenvalue weighted by atomic mass is 10.1. The highest BCUT2D eigenvalue weighted by Crippen LogP contribution is 2.22. The third-order valence-electron chi connectivity index (χ3n) is 4.30. The quantitative estimate of drug-likeness (QED) is 0.766. The van der Waals surface area contributed by atoms with Gasteiger partial charge >= 0.3 is 0 Å². The van der Waals surface area contributed by atoms with Crippen LogP contribution in [0.15, 0.2) is 46.0 Å². The van der Waals surface area contributed by atoms with Crippen LogP contribution in [0.2, 0.25) is 5.02 Å². The Kier molecular flexibility index (Phi) is 5.94. The number of aryl methyl sites for hydroxylation is 1. The number of benzene rings is 1. The molecule has 0 spiro atoms.